The lowest BCUT2D eigenvalue weighted by Crippen LogP contribution is -2.47. The summed E-state index contributed by atoms with van der Waals surface area (Å²) in [6.07, 6.45) is 12.3. The molecule has 0 bridgehead atoms. The lowest BCUT2D eigenvalue weighted by molar-refractivity contribution is -0.138. The Morgan fingerprint density at radius 1 is 1.12 bits per heavy atom. The maximum Gasteiger partial charge on any atom is 0.274 e. The minimum absolute atomic E-state index is 0.0730. The second kappa shape index (κ2) is 6.73. The topological polar surface area (TPSA) is 66.4 Å². The number of amides is 2. The Morgan fingerprint density at radius 2 is 1.84 bits per heavy atom. The van der Waals surface area contributed by atoms with Crippen LogP contribution in [0.4, 0.5) is 0 Å². The van der Waals surface area contributed by atoms with Crippen LogP contribution in [0.3, 0.4) is 0 Å². The summed E-state index contributed by atoms with van der Waals surface area (Å²) in [6.45, 7) is 3.12. The SMILES string of the molecule is O=C(c1cnccn1)N1CCC2(CC1)CCN(CC1CCCC1)C2=O. The summed E-state index contributed by atoms with van der Waals surface area (Å²) in [5, 5.41) is 0. The van der Waals surface area contributed by atoms with Gasteiger partial charge in [0.25, 0.3) is 5.91 Å². The molecule has 3 aliphatic rings. The molecular weight excluding hydrogens is 316 g/mol. The van der Waals surface area contributed by atoms with Crippen LogP contribution < -0.4 is 0 Å². The first kappa shape index (κ1) is 16.5. The van der Waals surface area contributed by atoms with E-state index < -0.39 is 0 Å². The summed E-state index contributed by atoms with van der Waals surface area (Å²) in [5.74, 6) is 0.972. The zero-order valence-corrected chi connectivity index (χ0v) is 14.7. The van der Waals surface area contributed by atoms with Crippen LogP contribution in [0.15, 0.2) is 18.6 Å². The van der Waals surface area contributed by atoms with Crippen molar-refractivity contribution < 1.29 is 9.59 Å². The predicted octanol–water partition coefficient (Wildman–Crippen LogP) is 2.12. The van der Waals surface area contributed by atoms with Gasteiger partial charge < -0.3 is 9.80 Å². The number of likely N-dealkylation sites (tertiary alicyclic amines) is 2. The zero-order valence-electron chi connectivity index (χ0n) is 14.7. The number of hydrogen-bond donors (Lipinski definition) is 0. The van der Waals surface area contributed by atoms with E-state index >= 15 is 0 Å². The fourth-order valence-electron chi connectivity index (χ4n) is 4.74. The van der Waals surface area contributed by atoms with Gasteiger partial charge >= 0.3 is 0 Å². The molecule has 2 saturated heterocycles. The van der Waals surface area contributed by atoms with Crippen LogP contribution in [-0.2, 0) is 4.79 Å². The molecule has 1 aromatic heterocycles. The summed E-state index contributed by atoms with van der Waals surface area (Å²) in [5.41, 5.74) is 0.164. The van der Waals surface area contributed by atoms with Crippen LogP contribution >= 0.6 is 0 Å². The van der Waals surface area contributed by atoms with Crippen LogP contribution in [0.2, 0.25) is 0 Å². The maximum absolute atomic E-state index is 13.0. The average molecular weight is 342 g/mol. The largest absolute Gasteiger partial charge is 0.342 e. The number of rotatable bonds is 3. The number of carbonyl (C=O) groups is 2. The Balaban J connectivity index is 1.36. The normalized spacial score (nSPS) is 23.6. The molecule has 3 fully saturated rings. The fraction of sp³-hybridized carbons (Fsp3) is 0.684. The van der Waals surface area contributed by atoms with Crippen LogP contribution in [0.25, 0.3) is 0 Å². The lowest BCUT2D eigenvalue weighted by Gasteiger charge is -2.38. The highest BCUT2D eigenvalue weighted by atomic mass is 16.2. The molecule has 1 aromatic rings. The van der Waals surface area contributed by atoms with Gasteiger partial charge in [0.15, 0.2) is 0 Å². The Morgan fingerprint density at radius 3 is 2.52 bits per heavy atom. The Kier molecular flexibility index (Phi) is 4.44. The summed E-state index contributed by atoms with van der Waals surface area (Å²) < 4.78 is 0. The van der Waals surface area contributed by atoms with Crippen LogP contribution in [0.1, 0.15) is 55.4 Å². The monoisotopic (exact) mass is 342 g/mol. The second-order valence-corrected chi connectivity index (χ2v) is 7.81. The minimum atomic E-state index is -0.224. The molecule has 0 N–H and O–H groups in total. The van der Waals surface area contributed by atoms with Gasteiger partial charge in [-0.1, -0.05) is 12.8 Å². The van der Waals surface area contributed by atoms with Crippen molar-refractivity contribution in [2.75, 3.05) is 26.2 Å². The van der Waals surface area contributed by atoms with Gasteiger partial charge in [-0.2, -0.15) is 0 Å². The molecule has 3 heterocycles. The van der Waals surface area contributed by atoms with E-state index in [1.165, 1.54) is 31.9 Å². The molecule has 1 saturated carbocycles. The molecule has 0 unspecified atom stereocenters. The van der Waals surface area contributed by atoms with Crippen molar-refractivity contribution in [1.29, 1.82) is 0 Å². The molecule has 6 nitrogen and oxygen atoms in total. The van der Waals surface area contributed by atoms with Gasteiger partial charge in [0.2, 0.25) is 5.91 Å². The number of aromatic nitrogens is 2. The van der Waals surface area contributed by atoms with Crippen LogP contribution in [0.5, 0.6) is 0 Å². The summed E-state index contributed by atoms with van der Waals surface area (Å²) >= 11 is 0. The molecule has 25 heavy (non-hydrogen) atoms. The van der Waals surface area contributed by atoms with Gasteiger partial charge in [-0.15, -0.1) is 0 Å². The fourth-order valence-corrected chi connectivity index (χ4v) is 4.74. The molecule has 1 spiro atoms. The molecule has 2 aliphatic heterocycles. The summed E-state index contributed by atoms with van der Waals surface area (Å²) in [7, 11) is 0. The van der Waals surface area contributed by atoms with Gasteiger partial charge in [-0.3, -0.25) is 14.6 Å². The number of carbonyl (C=O) groups excluding carboxylic acids is 2. The van der Waals surface area contributed by atoms with Gasteiger partial charge in [0, 0.05) is 38.6 Å². The third-order valence-corrected chi connectivity index (χ3v) is 6.34. The van der Waals surface area contributed by atoms with Crippen LogP contribution in [0, 0.1) is 11.3 Å². The Labute approximate surface area is 148 Å². The van der Waals surface area contributed by atoms with Crippen molar-refractivity contribution in [2.45, 2.75) is 44.9 Å². The van der Waals surface area contributed by atoms with Gasteiger partial charge in [-0.05, 0) is 38.0 Å². The molecular formula is C19H26N4O2. The molecule has 0 radical (unpaired) electrons. The molecule has 6 heteroatoms. The standard InChI is InChI=1S/C19H26N4O2/c24-17(16-13-20-8-9-21-16)22-10-5-19(6-11-22)7-12-23(18(19)25)14-15-3-1-2-4-15/h8-9,13,15H,1-7,10-12,14H2. The first-order chi connectivity index (χ1) is 12.2. The first-order valence-electron chi connectivity index (χ1n) is 9.53. The van der Waals surface area contributed by atoms with Crippen LogP contribution in [-0.4, -0.2) is 57.8 Å². The van der Waals surface area contributed by atoms with E-state index in [4.69, 9.17) is 0 Å². The van der Waals surface area contributed by atoms with E-state index in [2.05, 4.69) is 14.9 Å². The molecule has 2 amide bonds. The highest BCUT2D eigenvalue weighted by molar-refractivity contribution is 5.92. The average Bonchev–Trinajstić information content (AvgIpc) is 3.27. The van der Waals surface area contributed by atoms with E-state index in [1.54, 1.807) is 12.4 Å². The van der Waals surface area contributed by atoms with Crippen molar-refractivity contribution in [2.24, 2.45) is 11.3 Å². The van der Waals surface area contributed by atoms with Crippen molar-refractivity contribution in [3.8, 4) is 0 Å². The molecule has 0 aromatic carbocycles. The van der Waals surface area contributed by atoms with Gasteiger partial charge in [0.05, 0.1) is 11.6 Å². The quantitative estimate of drug-likeness (QED) is 0.844. The van der Waals surface area contributed by atoms with Gasteiger partial charge in [0.1, 0.15) is 5.69 Å². The minimum Gasteiger partial charge on any atom is -0.342 e. The first-order valence-corrected chi connectivity index (χ1v) is 9.53. The Bertz CT molecular complexity index is 634. The smallest absolute Gasteiger partial charge is 0.274 e. The van der Waals surface area contributed by atoms with Crippen molar-refractivity contribution in [3.05, 3.63) is 24.3 Å². The third-order valence-electron chi connectivity index (χ3n) is 6.34. The summed E-state index contributed by atoms with van der Waals surface area (Å²) in [4.78, 5) is 37.5. The number of piperidine rings is 1. The summed E-state index contributed by atoms with van der Waals surface area (Å²) in [6, 6.07) is 0. The van der Waals surface area contributed by atoms with E-state index in [0.717, 1.165) is 32.4 Å². The molecule has 134 valence electrons. The molecule has 1 aliphatic carbocycles. The molecule has 4 rings (SSSR count). The predicted molar refractivity (Wildman–Crippen MR) is 92.8 cm³/mol. The van der Waals surface area contributed by atoms with E-state index in [0.29, 0.717) is 30.6 Å². The Hall–Kier alpha value is -1.98. The van der Waals surface area contributed by atoms with E-state index in [-0.39, 0.29) is 11.3 Å². The second-order valence-electron chi connectivity index (χ2n) is 7.81. The third kappa shape index (κ3) is 3.14. The van der Waals surface area contributed by atoms with Gasteiger partial charge in [-0.25, -0.2) is 4.98 Å². The highest BCUT2D eigenvalue weighted by Gasteiger charge is 2.48. The van der Waals surface area contributed by atoms with E-state index in [1.807, 2.05) is 4.90 Å². The maximum atomic E-state index is 13.0. The highest BCUT2D eigenvalue weighted by Crippen LogP contribution is 2.42. The van der Waals surface area contributed by atoms with Crippen molar-refractivity contribution in [1.82, 2.24) is 19.8 Å². The number of nitrogens with zero attached hydrogens (tertiary/aromatic N) is 4. The lowest BCUT2D eigenvalue weighted by atomic mass is 9.77. The van der Waals surface area contributed by atoms with E-state index in [9.17, 15) is 9.59 Å². The number of hydrogen-bond acceptors (Lipinski definition) is 4. The van der Waals surface area contributed by atoms with Crippen molar-refractivity contribution >= 4 is 11.8 Å². The zero-order chi connectivity index (χ0) is 17.3. The molecule has 0 atom stereocenters. The van der Waals surface area contributed by atoms with Crippen molar-refractivity contribution in [3.63, 3.8) is 0 Å².